The SMILES string of the molecule is CC(C)C(C)(C)Cn1cncc1[C@@H]1CCCN1. The summed E-state index contributed by atoms with van der Waals surface area (Å²) in [6, 6.07) is 0.514. The maximum absolute atomic E-state index is 4.33. The normalized spacial score (nSPS) is 21.4. The van der Waals surface area contributed by atoms with Crippen molar-refractivity contribution in [1.29, 1.82) is 0 Å². The molecule has 1 N–H and O–H groups in total. The molecule has 1 atom stereocenters. The van der Waals surface area contributed by atoms with Crippen LogP contribution in [0.3, 0.4) is 0 Å². The standard InChI is InChI=1S/C14H25N3/c1-11(2)14(3,4)9-17-10-15-8-13(17)12-6-5-7-16-12/h8,10-12,16H,5-7,9H2,1-4H3/t12-/m0/s1. The first-order valence-electron chi connectivity index (χ1n) is 6.74. The van der Waals surface area contributed by atoms with Crippen molar-refractivity contribution in [2.75, 3.05) is 6.54 Å². The first-order valence-corrected chi connectivity index (χ1v) is 6.74. The molecule has 0 aromatic carbocycles. The summed E-state index contributed by atoms with van der Waals surface area (Å²) in [5, 5.41) is 3.55. The van der Waals surface area contributed by atoms with Crippen LogP contribution >= 0.6 is 0 Å². The molecule has 0 bridgehead atoms. The summed E-state index contributed by atoms with van der Waals surface area (Å²) in [6.45, 7) is 11.5. The number of hydrogen-bond acceptors (Lipinski definition) is 2. The Hall–Kier alpha value is -0.830. The smallest absolute Gasteiger partial charge is 0.0948 e. The third-order valence-corrected chi connectivity index (χ3v) is 4.30. The first kappa shape index (κ1) is 12.6. The summed E-state index contributed by atoms with van der Waals surface area (Å²) in [4.78, 5) is 4.33. The zero-order valence-electron chi connectivity index (χ0n) is 11.5. The molecule has 2 heterocycles. The molecule has 0 spiro atoms. The van der Waals surface area contributed by atoms with Crippen molar-refractivity contribution < 1.29 is 0 Å². The van der Waals surface area contributed by atoms with E-state index >= 15 is 0 Å². The van der Waals surface area contributed by atoms with Crippen molar-refractivity contribution in [3.05, 3.63) is 18.2 Å². The molecule has 0 saturated carbocycles. The maximum atomic E-state index is 4.33. The number of rotatable bonds is 4. The van der Waals surface area contributed by atoms with Gasteiger partial charge in [0.05, 0.1) is 12.0 Å². The highest BCUT2D eigenvalue weighted by Crippen LogP contribution is 2.30. The molecule has 0 unspecified atom stereocenters. The van der Waals surface area contributed by atoms with Gasteiger partial charge in [-0.3, -0.25) is 0 Å². The third kappa shape index (κ3) is 2.71. The average Bonchev–Trinajstić information content (AvgIpc) is 2.85. The molecule has 1 saturated heterocycles. The average molecular weight is 235 g/mol. The maximum Gasteiger partial charge on any atom is 0.0948 e. The van der Waals surface area contributed by atoms with E-state index in [4.69, 9.17) is 0 Å². The van der Waals surface area contributed by atoms with Gasteiger partial charge in [0.15, 0.2) is 0 Å². The van der Waals surface area contributed by atoms with Crippen LogP contribution in [0.2, 0.25) is 0 Å². The predicted molar refractivity (Wildman–Crippen MR) is 70.8 cm³/mol. The van der Waals surface area contributed by atoms with Gasteiger partial charge in [0.25, 0.3) is 0 Å². The summed E-state index contributed by atoms with van der Waals surface area (Å²) >= 11 is 0. The molecule has 1 aliphatic heterocycles. The lowest BCUT2D eigenvalue weighted by atomic mass is 9.81. The molecule has 1 aromatic heterocycles. The highest BCUT2D eigenvalue weighted by molar-refractivity contribution is 5.07. The van der Waals surface area contributed by atoms with E-state index < -0.39 is 0 Å². The van der Waals surface area contributed by atoms with Crippen LogP contribution in [0.4, 0.5) is 0 Å². The van der Waals surface area contributed by atoms with Crippen LogP contribution in [-0.2, 0) is 6.54 Å². The van der Waals surface area contributed by atoms with Crippen LogP contribution in [0.5, 0.6) is 0 Å². The van der Waals surface area contributed by atoms with Gasteiger partial charge in [-0.1, -0.05) is 27.7 Å². The van der Waals surface area contributed by atoms with E-state index in [1.807, 2.05) is 12.5 Å². The van der Waals surface area contributed by atoms with Crippen LogP contribution in [0, 0.1) is 11.3 Å². The van der Waals surface area contributed by atoms with Gasteiger partial charge in [0.1, 0.15) is 0 Å². The van der Waals surface area contributed by atoms with Crippen LogP contribution in [0.15, 0.2) is 12.5 Å². The Morgan fingerprint density at radius 3 is 2.88 bits per heavy atom. The van der Waals surface area contributed by atoms with Gasteiger partial charge < -0.3 is 9.88 Å². The largest absolute Gasteiger partial charge is 0.333 e. The molecule has 0 aliphatic carbocycles. The predicted octanol–water partition coefficient (Wildman–Crippen LogP) is 2.99. The summed E-state index contributed by atoms with van der Waals surface area (Å²) in [7, 11) is 0. The molecule has 0 radical (unpaired) electrons. The van der Waals surface area contributed by atoms with Crippen molar-refractivity contribution in [1.82, 2.24) is 14.9 Å². The van der Waals surface area contributed by atoms with Gasteiger partial charge in [-0.25, -0.2) is 4.98 Å². The molecule has 96 valence electrons. The summed E-state index contributed by atoms with van der Waals surface area (Å²) in [5.41, 5.74) is 1.67. The van der Waals surface area contributed by atoms with Crippen LogP contribution in [0.25, 0.3) is 0 Å². The van der Waals surface area contributed by atoms with Gasteiger partial charge >= 0.3 is 0 Å². The first-order chi connectivity index (χ1) is 8.00. The Morgan fingerprint density at radius 1 is 1.53 bits per heavy atom. The number of imidazole rings is 1. The third-order valence-electron chi connectivity index (χ3n) is 4.30. The quantitative estimate of drug-likeness (QED) is 0.869. The van der Waals surface area contributed by atoms with Gasteiger partial charge in [-0.2, -0.15) is 0 Å². The van der Waals surface area contributed by atoms with E-state index in [1.165, 1.54) is 18.5 Å². The number of hydrogen-bond donors (Lipinski definition) is 1. The van der Waals surface area contributed by atoms with E-state index in [0.717, 1.165) is 13.1 Å². The minimum absolute atomic E-state index is 0.314. The molecule has 1 aliphatic rings. The lowest BCUT2D eigenvalue weighted by molar-refractivity contribution is 0.206. The zero-order chi connectivity index (χ0) is 12.5. The minimum Gasteiger partial charge on any atom is -0.333 e. The van der Waals surface area contributed by atoms with Gasteiger partial charge in [-0.05, 0) is 30.7 Å². The second-order valence-corrected chi connectivity index (χ2v) is 6.24. The van der Waals surface area contributed by atoms with E-state index in [1.54, 1.807) is 0 Å². The molecule has 3 heteroatoms. The summed E-state index contributed by atoms with van der Waals surface area (Å²) in [5.74, 6) is 0.675. The Labute approximate surface area is 105 Å². The lowest BCUT2D eigenvalue weighted by Crippen LogP contribution is -2.27. The van der Waals surface area contributed by atoms with Crippen LogP contribution in [0.1, 0.15) is 52.3 Å². The van der Waals surface area contributed by atoms with Crippen LogP contribution in [-0.4, -0.2) is 16.1 Å². The highest BCUT2D eigenvalue weighted by atomic mass is 15.1. The van der Waals surface area contributed by atoms with Gasteiger partial charge in [0, 0.05) is 18.8 Å². The molecule has 1 fully saturated rings. The Bertz CT molecular complexity index is 359. The van der Waals surface area contributed by atoms with E-state index in [0.29, 0.717) is 17.4 Å². The van der Waals surface area contributed by atoms with E-state index in [2.05, 4.69) is 42.6 Å². The zero-order valence-corrected chi connectivity index (χ0v) is 11.5. The molecule has 2 rings (SSSR count). The fourth-order valence-electron chi connectivity index (χ4n) is 2.31. The van der Waals surface area contributed by atoms with Crippen LogP contribution < -0.4 is 5.32 Å². The summed E-state index contributed by atoms with van der Waals surface area (Å²) < 4.78 is 2.34. The number of nitrogens with zero attached hydrogens (tertiary/aromatic N) is 2. The van der Waals surface area contributed by atoms with Crippen molar-refractivity contribution in [2.24, 2.45) is 11.3 Å². The van der Waals surface area contributed by atoms with Crippen molar-refractivity contribution in [3.8, 4) is 0 Å². The number of nitrogens with one attached hydrogen (secondary N) is 1. The fourth-order valence-corrected chi connectivity index (χ4v) is 2.31. The molecular formula is C14H25N3. The second-order valence-electron chi connectivity index (χ2n) is 6.24. The second kappa shape index (κ2) is 4.81. The van der Waals surface area contributed by atoms with E-state index in [9.17, 15) is 0 Å². The molecule has 0 amide bonds. The van der Waals surface area contributed by atoms with Gasteiger partial charge in [0.2, 0.25) is 0 Å². The van der Waals surface area contributed by atoms with Crippen molar-refractivity contribution in [3.63, 3.8) is 0 Å². The number of aromatic nitrogens is 2. The fraction of sp³-hybridized carbons (Fsp3) is 0.786. The topological polar surface area (TPSA) is 29.9 Å². The molecular weight excluding hydrogens is 210 g/mol. The van der Waals surface area contributed by atoms with Gasteiger partial charge in [-0.15, -0.1) is 0 Å². The Balaban J connectivity index is 2.14. The van der Waals surface area contributed by atoms with Crippen molar-refractivity contribution >= 4 is 0 Å². The Kier molecular flexibility index (Phi) is 3.57. The highest BCUT2D eigenvalue weighted by Gasteiger charge is 2.26. The van der Waals surface area contributed by atoms with Crippen molar-refractivity contribution in [2.45, 2.75) is 53.1 Å². The van der Waals surface area contributed by atoms with E-state index in [-0.39, 0.29) is 0 Å². The Morgan fingerprint density at radius 2 is 2.29 bits per heavy atom. The lowest BCUT2D eigenvalue weighted by Gasteiger charge is -2.31. The molecule has 3 nitrogen and oxygen atoms in total. The summed E-state index contributed by atoms with van der Waals surface area (Å²) in [6.07, 6.45) is 6.54. The minimum atomic E-state index is 0.314. The molecule has 1 aromatic rings. The monoisotopic (exact) mass is 235 g/mol. The molecule has 17 heavy (non-hydrogen) atoms.